The third-order valence-corrected chi connectivity index (χ3v) is 12.6. The summed E-state index contributed by atoms with van der Waals surface area (Å²) in [7, 11) is -1.81. The average molecular weight is 392 g/mol. The van der Waals surface area contributed by atoms with Crippen molar-refractivity contribution in [3.63, 3.8) is 0 Å². The Hall–Kier alpha value is -0.683. The number of aliphatic hydroxyl groups is 1. The van der Waals surface area contributed by atoms with Gasteiger partial charge in [-0.25, -0.2) is 0 Å². The first-order chi connectivity index (χ1) is 12.8. The Kier molecular flexibility index (Phi) is 8.54. The minimum Gasteiger partial charge on any atom is -0.414 e. The summed E-state index contributed by atoms with van der Waals surface area (Å²) in [6.07, 6.45) is 3.92. The second-order valence-corrected chi connectivity index (χ2v) is 14.7. The van der Waals surface area contributed by atoms with E-state index in [9.17, 15) is 5.11 Å². The molecule has 0 aromatic heterocycles. The van der Waals surface area contributed by atoms with Crippen LogP contribution in [0.15, 0.2) is 30.3 Å². The summed E-state index contributed by atoms with van der Waals surface area (Å²) in [6, 6.07) is 10.8. The molecule has 1 heterocycles. The van der Waals surface area contributed by atoms with Crippen LogP contribution in [0.4, 0.5) is 0 Å². The zero-order valence-electron chi connectivity index (χ0n) is 18.2. The molecule has 1 aromatic rings. The number of aliphatic hydroxyl groups excluding tert-OH is 1. The van der Waals surface area contributed by atoms with Crippen LogP contribution in [0.5, 0.6) is 0 Å². The summed E-state index contributed by atoms with van der Waals surface area (Å²) in [5.41, 5.74) is 2.88. The number of hydrogen-bond donors (Lipinski definition) is 2. The number of rotatable bonds is 9. The summed E-state index contributed by atoms with van der Waals surface area (Å²) >= 11 is 0. The average Bonchev–Trinajstić information content (AvgIpc) is 2.62. The largest absolute Gasteiger partial charge is 0.414 e. The van der Waals surface area contributed by atoms with Gasteiger partial charge in [-0.1, -0.05) is 78.3 Å². The molecular formula is C23H41NO2Si. The van der Waals surface area contributed by atoms with Gasteiger partial charge in [-0.15, -0.1) is 0 Å². The Morgan fingerprint density at radius 1 is 0.963 bits per heavy atom. The maximum atomic E-state index is 10.6. The van der Waals surface area contributed by atoms with Crippen LogP contribution in [0.25, 0.3) is 0 Å². The Labute approximate surface area is 168 Å². The number of hydrogen-bond acceptors (Lipinski definition) is 3. The van der Waals surface area contributed by atoms with Crippen LogP contribution < -0.4 is 5.32 Å². The molecule has 0 aliphatic carbocycles. The van der Waals surface area contributed by atoms with Crippen molar-refractivity contribution in [1.82, 2.24) is 5.32 Å². The Morgan fingerprint density at radius 3 is 2.07 bits per heavy atom. The SMILES string of the molecule is CC(C)[Si](OCC1CCCC(CC(O)c2ccccc2)N1)(C(C)C)C(C)C. The van der Waals surface area contributed by atoms with E-state index in [0.29, 0.717) is 28.7 Å². The molecule has 0 saturated carbocycles. The topological polar surface area (TPSA) is 41.5 Å². The lowest BCUT2D eigenvalue weighted by atomic mass is 9.93. The van der Waals surface area contributed by atoms with Crippen LogP contribution in [-0.4, -0.2) is 32.1 Å². The molecule has 2 rings (SSSR count). The van der Waals surface area contributed by atoms with E-state index in [1.165, 1.54) is 12.8 Å². The molecule has 27 heavy (non-hydrogen) atoms. The molecule has 0 spiro atoms. The van der Waals surface area contributed by atoms with Gasteiger partial charge < -0.3 is 14.8 Å². The highest BCUT2D eigenvalue weighted by Gasteiger charge is 2.45. The first-order valence-electron chi connectivity index (χ1n) is 10.9. The quantitative estimate of drug-likeness (QED) is 0.522. The number of piperidine rings is 1. The van der Waals surface area contributed by atoms with E-state index >= 15 is 0 Å². The smallest absolute Gasteiger partial charge is 0.200 e. The molecule has 2 N–H and O–H groups in total. The first kappa shape index (κ1) is 22.6. The Bertz CT molecular complexity index is 525. The van der Waals surface area contributed by atoms with E-state index in [2.05, 4.69) is 46.9 Å². The fourth-order valence-electron chi connectivity index (χ4n) is 5.25. The van der Waals surface area contributed by atoms with Gasteiger partial charge in [-0.2, -0.15) is 0 Å². The summed E-state index contributed by atoms with van der Waals surface area (Å²) in [4.78, 5) is 0. The Balaban J connectivity index is 1.93. The maximum absolute atomic E-state index is 10.6. The zero-order valence-corrected chi connectivity index (χ0v) is 19.2. The third kappa shape index (κ3) is 5.66. The van der Waals surface area contributed by atoms with E-state index in [0.717, 1.165) is 25.0 Å². The lowest BCUT2D eigenvalue weighted by Crippen LogP contribution is -2.52. The monoisotopic (exact) mass is 391 g/mol. The molecule has 0 radical (unpaired) electrons. The van der Waals surface area contributed by atoms with Gasteiger partial charge in [0.2, 0.25) is 0 Å². The predicted molar refractivity (Wildman–Crippen MR) is 118 cm³/mol. The molecular weight excluding hydrogens is 350 g/mol. The van der Waals surface area contributed by atoms with Crippen LogP contribution in [0.2, 0.25) is 16.6 Å². The van der Waals surface area contributed by atoms with Gasteiger partial charge in [-0.05, 0) is 41.4 Å². The molecule has 1 aromatic carbocycles. The van der Waals surface area contributed by atoms with Crippen LogP contribution >= 0.6 is 0 Å². The van der Waals surface area contributed by atoms with Gasteiger partial charge in [0.15, 0.2) is 8.32 Å². The zero-order chi connectivity index (χ0) is 20.0. The van der Waals surface area contributed by atoms with Gasteiger partial charge in [0.25, 0.3) is 0 Å². The molecule has 1 fully saturated rings. The Morgan fingerprint density at radius 2 is 1.52 bits per heavy atom. The molecule has 154 valence electrons. The lowest BCUT2D eigenvalue weighted by Gasteiger charge is -2.44. The minimum atomic E-state index is -1.81. The number of nitrogens with one attached hydrogen (secondary N) is 1. The van der Waals surface area contributed by atoms with E-state index in [4.69, 9.17) is 4.43 Å². The van der Waals surface area contributed by atoms with Crippen molar-refractivity contribution in [2.24, 2.45) is 0 Å². The van der Waals surface area contributed by atoms with Gasteiger partial charge in [0.05, 0.1) is 6.10 Å². The third-order valence-electron chi connectivity index (χ3n) is 6.51. The molecule has 1 saturated heterocycles. The van der Waals surface area contributed by atoms with Gasteiger partial charge in [-0.3, -0.25) is 0 Å². The highest BCUT2D eigenvalue weighted by atomic mass is 28.4. The van der Waals surface area contributed by atoms with Crippen molar-refractivity contribution in [2.75, 3.05) is 6.61 Å². The normalized spacial score (nSPS) is 22.6. The van der Waals surface area contributed by atoms with Crippen LogP contribution in [0.1, 0.15) is 78.9 Å². The van der Waals surface area contributed by atoms with Gasteiger partial charge in [0, 0.05) is 18.7 Å². The lowest BCUT2D eigenvalue weighted by molar-refractivity contribution is 0.127. The van der Waals surface area contributed by atoms with Crippen molar-refractivity contribution in [2.45, 2.75) is 102 Å². The van der Waals surface area contributed by atoms with E-state index in [1.54, 1.807) is 0 Å². The van der Waals surface area contributed by atoms with E-state index < -0.39 is 8.32 Å². The molecule has 3 atom stereocenters. The van der Waals surface area contributed by atoms with Crippen molar-refractivity contribution in [1.29, 1.82) is 0 Å². The van der Waals surface area contributed by atoms with Gasteiger partial charge >= 0.3 is 0 Å². The summed E-state index contributed by atoms with van der Waals surface area (Å²) < 4.78 is 6.81. The molecule has 3 unspecified atom stereocenters. The highest BCUT2D eigenvalue weighted by Crippen LogP contribution is 2.42. The highest BCUT2D eigenvalue weighted by molar-refractivity contribution is 6.77. The van der Waals surface area contributed by atoms with Crippen molar-refractivity contribution in [3.8, 4) is 0 Å². The van der Waals surface area contributed by atoms with E-state index in [-0.39, 0.29) is 6.10 Å². The van der Waals surface area contributed by atoms with Crippen molar-refractivity contribution >= 4 is 8.32 Å². The van der Waals surface area contributed by atoms with Crippen molar-refractivity contribution < 1.29 is 9.53 Å². The standard InChI is InChI=1S/C23H41NO2Si/c1-17(2)27(18(3)4,19(5)6)26-16-22-14-10-13-21(24-22)15-23(25)20-11-8-7-9-12-20/h7-9,11-12,17-19,21-25H,10,13-16H2,1-6H3. The second-order valence-electron chi connectivity index (χ2n) is 9.28. The minimum absolute atomic E-state index is 0.371. The molecule has 1 aliphatic heterocycles. The van der Waals surface area contributed by atoms with Crippen LogP contribution in [0, 0.1) is 0 Å². The van der Waals surface area contributed by atoms with Crippen LogP contribution in [-0.2, 0) is 4.43 Å². The summed E-state index contributed by atoms with van der Waals surface area (Å²) in [5, 5.41) is 14.4. The van der Waals surface area contributed by atoms with Crippen molar-refractivity contribution in [3.05, 3.63) is 35.9 Å². The molecule has 0 bridgehead atoms. The molecule has 4 heteroatoms. The summed E-state index contributed by atoms with van der Waals surface area (Å²) in [6.45, 7) is 14.9. The molecule has 0 amide bonds. The van der Waals surface area contributed by atoms with Gasteiger partial charge in [0.1, 0.15) is 0 Å². The molecule has 1 aliphatic rings. The number of benzene rings is 1. The fraction of sp³-hybridized carbons (Fsp3) is 0.739. The van der Waals surface area contributed by atoms with E-state index in [1.807, 2.05) is 30.3 Å². The second kappa shape index (κ2) is 10.2. The maximum Gasteiger partial charge on any atom is 0.200 e. The molecule has 3 nitrogen and oxygen atoms in total. The first-order valence-corrected chi connectivity index (χ1v) is 13.0. The fourth-order valence-corrected chi connectivity index (χ4v) is 10.7. The van der Waals surface area contributed by atoms with Crippen LogP contribution in [0.3, 0.4) is 0 Å². The predicted octanol–water partition coefficient (Wildman–Crippen LogP) is 5.81. The summed E-state index contributed by atoms with van der Waals surface area (Å²) in [5.74, 6) is 0.